The van der Waals surface area contributed by atoms with Crippen LogP contribution in [0, 0.1) is 0 Å². The molecular formula is C12H26N2O2. The zero-order valence-corrected chi connectivity index (χ0v) is 10.7. The smallest absolute Gasteiger partial charge is 0.0704 e. The predicted molar refractivity (Wildman–Crippen MR) is 65.6 cm³/mol. The van der Waals surface area contributed by atoms with E-state index in [2.05, 4.69) is 4.90 Å². The highest BCUT2D eigenvalue weighted by atomic mass is 16.5. The van der Waals surface area contributed by atoms with Gasteiger partial charge in [-0.25, -0.2) is 0 Å². The molecule has 4 heteroatoms. The van der Waals surface area contributed by atoms with Crippen molar-refractivity contribution < 1.29 is 9.47 Å². The molecule has 0 aromatic rings. The zero-order valence-electron chi connectivity index (χ0n) is 10.7. The molecule has 1 rings (SSSR count). The van der Waals surface area contributed by atoms with Crippen LogP contribution in [0.25, 0.3) is 0 Å². The third kappa shape index (κ3) is 6.43. The molecule has 1 fully saturated rings. The van der Waals surface area contributed by atoms with Gasteiger partial charge in [0.1, 0.15) is 0 Å². The summed E-state index contributed by atoms with van der Waals surface area (Å²) in [5, 5.41) is 0. The SMILES string of the molecule is CN(C)CCOCCO[C@H]1CC[C@H](N)CC1. The summed E-state index contributed by atoms with van der Waals surface area (Å²) in [6.07, 6.45) is 4.84. The lowest BCUT2D eigenvalue weighted by molar-refractivity contribution is -0.0136. The highest BCUT2D eigenvalue weighted by Gasteiger charge is 2.18. The Hall–Kier alpha value is -0.160. The molecule has 0 heterocycles. The maximum Gasteiger partial charge on any atom is 0.0704 e. The summed E-state index contributed by atoms with van der Waals surface area (Å²) in [4.78, 5) is 2.11. The zero-order chi connectivity index (χ0) is 11.8. The molecule has 0 radical (unpaired) electrons. The number of hydrogen-bond donors (Lipinski definition) is 1. The molecular weight excluding hydrogens is 204 g/mol. The minimum absolute atomic E-state index is 0.399. The topological polar surface area (TPSA) is 47.7 Å². The first kappa shape index (κ1) is 13.9. The van der Waals surface area contributed by atoms with E-state index in [4.69, 9.17) is 15.2 Å². The largest absolute Gasteiger partial charge is 0.378 e. The molecule has 4 nitrogen and oxygen atoms in total. The van der Waals surface area contributed by atoms with E-state index < -0.39 is 0 Å². The molecule has 96 valence electrons. The summed E-state index contributed by atoms with van der Waals surface area (Å²) < 4.78 is 11.2. The van der Waals surface area contributed by atoms with Gasteiger partial charge in [0.2, 0.25) is 0 Å². The second-order valence-electron chi connectivity index (χ2n) is 4.82. The van der Waals surface area contributed by atoms with Gasteiger partial charge in [-0.1, -0.05) is 0 Å². The van der Waals surface area contributed by atoms with Crippen molar-refractivity contribution in [2.45, 2.75) is 37.8 Å². The average Bonchev–Trinajstić information content (AvgIpc) is 2.25. The average molecular weight is 230 g/mol. The van der Waals surface area contributed by atoms with Crippen molar-refractivity contribution in [2.24, 2.45) is 5.73 Å². The van der Waals surface area contributed by atoms with E-state index in [1.54, 1.807) is 0 Å². The Kier molecular flexibility index (Phi) is 6.96. The second-order valence-corrected chi connectivity index (χ2v) is 4.82. The molecule has 1 aliphatic carbocycles. The number of nitrogens with two attached hydrogens (primary N) is 1. The van der Waals surface area contributed by atoms with Crippen LogP contribution in [-0.2, 0) is 9.47 Å². The Morgan fingerprint density at radius 1 is 1.06 bits per heavy atom. The summed E-state index contributed by atoms with van der Waals surface area (Å²) in [5.74, 6) is 0. The van der Waals surface area contributed by atoms with Crippen LogP contribution >= 0.6 is 0 Å². The molecule has 0 aromatic heterocycles. The van der Waals surface area contributed by atoms with Crippen molar-refractivity contribution in [3.63, 3.8) is 0 Å². The molecule has 0 amide bonds. The summed E-state index contributed by atoms with van der Waals surface area (Å²) >= 11 is 0. The van der Waals surface area contributed by atoms with Crippen molar-refractivity contribution in [3.8, 4) is 0 Å². The van der Waals surface area contributed by atoms with Gasteiger partial charge in [0.25, 0.3) is 0 Å². The number of nitrogens with zero attached hydrogens (tertiary/aromatic N) is 1. The van der Waals surface area contributed by atoms with Gasteiger partial charge in [-0.3, -0.25) is 0 Å². The maximum absolute atomic E-state index is 5.83. The highest BCUT2D eigenvalue weighted by Crippen LogP contribution is 2.19. The van der Waals surface area contributed by atoms with Gasteiger partial charge in [0.15, 0.2) is 0 Å². The molecule has 0 aromatic carbocycles. The van der Waals surface area contributed by atoms with Gasteiger partial charge in [-0.2, -0.15) is 0 Å². The van der Waals surface area contributed by atoms with Crippen LogP contribution in [0.5, 0.6) is 0 Å². The Labute approximate surface area is 99.1 Å². The fourth-order valence-corrected chi connectivity index (χ4v) is 1.88. The Bertz CT molecular complexity index is 168. The lowest BCUT2D eigenvalue weighted by atomic mass is 9.94. The van der Waals surface area contributed by atoms with E-state index in [1.165, 1.54) is 0 Å². The van der Waals surface area contributed by atoms with Crippen molar-refractivity contribution in [3.05, 3.63) is 0 Å². The van der Waals surface area contributed by atoms with Crippen molar-refractivity contribution in [1.29, 1.82) is 0 Å². The summed E-state index contributed by atoms with van der Waals surface area (Å²) in [7, 11) is 4.09. The fraction of sp³-hybridized carbons (Fsp3) is 1.00. The van der Waals surface area contributed by atoms with E-state index in [0.29, 0.717) is 25.4 Å². The quantitative estimate of drug-likeness (QED) is 0.659. The van der Waals surface area contributed by atoms with Crippen molar-refractivity contribution in [1.82, 2.24) is 4.90 Å². The minimum Gasteiger partial charge on any atom is -0.378 e. The lowest BCUT2D eigenvalue weighted by Crippen LogP contribution is -2.31. The van der Waals surface area contributed by atoms with Crippen LogP contribution < -0.4 is 5.73 Å². The first-order valence-electron chi connectivity index (χ1n) is 6.28. The number of ether oxygens (including phenoxy) is 2. The summed E-state index contributed by atoms with van der Waals surface area (Å²) in [6.45, 7) is 3.17. The molecule has 0 spiro atoms. The van der Waals surface area contributed by atoms with Gasteiger partial charge in [-0.15, -0.1) is 0 Å². The number of hydrogen-bond acceptors (Lipinski definition) is 4. The summed E-state index contributed by atoms with van der Waals surface area (Å²) in [6, 6.07) is 0.399. The van der Waals surface area contributed by atoms with E-state index in [9.17, 15) is 0 Å². The van der Waals surface area contributed by atoms with Crippen molar-refractivity contribution in [2.75, 3.05) is 40.5 Å². The lowest BCUT2D eigenvalue weighted by Gasteiger charge is -2.26. The van der Waals surface area contributed by atoms with E-state index in [-0.39, 0.29) is 0 Å². The Morgan fingerprint density at radius 2 is 1.75 bits per heavy atom. The van der Waals surface area contributed by atoms with Gasteiger partial charge < -0.3 is 20.1 Å². The molecule has 0 unspecified atom stereocenters. The monoisotopic (exact) mass is 230 g/mol. The molecule has 16 heavy (non-hydrogen) atoms. The van der Waals surface area contributed by atoms with Crippen LogP contribution in [-0.4, -0.2) is 57.5 Å². The standard InChI is InChI=1S/C12H26N2O2/c1-14(2)7-8-15-9-10-16-12-5-3-11(13)4-6-12/h11-12H,3-10,13H2,1-2H3/t11-,12-. The third-order valence-corrected chi connectivity index (χ3v) is 2.98. The van der Waals surface area contributed by atoms with Gasteiger partial charge in [0, 0.05) is 12.6 Å². The predicted octanol–water partition coefficient (Wildman–Crippen LogP) is 0.851. The molecule has 0 bridgehead atoms. The molecule has 0 saturated heterocycles. The van der Waals surface area contributed by atoms with E-state index >= 15 is 0 Å². The van der Waals surface area contributed by atoms with Crippen LogP contribution in [0.2, 0.25) is 0 Å². The van der Waals surface area contributed by atoms with Gasteiger partial charge in [0.05, 0.1) is 25.9 Å². The Balaban J connectivity index is 1.87. The van der Waals surface area contributed by atoms with Crippen molar-refractivity contribution >= 4 is 0 Å². The van der Waals surface area contributed by atoms with E-state index in [0.717, 1.165) is 38.8 Å². The van der Waals surface area contributed by atoms with Gasteiger partial charge >= 0.3 is 0 Å². The van der Waals surface area contributed by atoms with E-state index in [1.807, 2.05) is 14.1 Å². The summed E-state index contributed by atoms with van der Waals surface area (Å²) in [5.41, 5.74) is 5.83. The number of likely N-dealkylation sites (N-methyl/N-ethyl adjacent to an activating group) is 1. The molecule has 1 saturated carbocycles. The molecule has 0 atom stereocenters. The first-order valence-corrected chi connectivity index (χ1v) is 6.28. The second kappa shape index (κ2) is 8.01. The van der Waals surface area contributed by atoms with Crippen LogP contribution in [0.1, 0.15) is 25.7 Å². The molecule has 1 aliphatic rings. The number of rotatable bonds is 7. The fourth-order valence-electron chi connectivity index (χ4n) is 1.88. The normalized spacial score (nSPS) is 26.2. The molecule has 2 N–H and O–H groups in total. The van der Waals surface area contributed by atoms with Gasteiger partial charge in [-0.05, 0) is 39.8 Å². The first-order chi connectivity index (χ1) is 7.68. The van der Waals surface area contributed by atoms with Crippen LogP contribution in [0.4, 0.5) is 0 Å². The minimum atomic E-state index is 0.399. The third-order valence-electron chi connectivity index (χ3n) is 2.98. The molecule has 0 aliphatic heterocycles. The highest BCUT2D eigenvalue weighted by molar-refractivity contribution is 4.74. The van der Waals surface area contributed by atoms with Crippen LogP contribution in [0.15, 0.2) is 0 Å². The Morgan fingerprint density at radius 3 is 2.38 bits per heavy atom. The van der Waals surface area contributed by atoms with Crippen LogP contribution in [0.3, 0.4) is 0 Å². The maximum atomic E-state index is 5.83.